The van der Waals surface area contributed by atoms with Crippen LogP contribution in [0.4, 0.5) is 5.69 Å². The average molecular weight is 528 g/mol. The average Bonchev–Trinajstić information content (AvgIpc) is 3.28. The van der Waals surface area contributed by atoms with Gasteiger partial charge in [0.1, 0.15) is 5.69 Å². The van der Waals surface area contributed by atoms with Gasteiger partial charge < -0.3 is 10.6 Å². The molecular weight excluding hydrogens is 501 g/mol. The molecule has 1 aliphatic heterocycles. The van der Waals surface area contributed by atoms with E-state index in [9.17, 15) is 18.0 Å². The highest BCUT2D eigenvalue weighted by molar-refractivity contribution is 7.89. The molecule has 34 heavy (non-hydrogen) atoms. The van der Waals surface area contributed by atoms with Crippen LogP contribution < -0.4 is 10.6 Å². The van der Waals surface area contributed by atoms with Crippen LogP contribution in [0.3, 0.4) is 0 Å². The topological polar surface area (TPSA) is 124 Å². The first-order chi connectivity index (χ1) is 16.3. The molecule has 2 aromatic rings. The van der Waals surface area contributed by atoms with Crippen LogP contribution in [0.25, 0.3) is 0 Å². The van der Waals surface area contributed by atoms with Gasteiger partial charge in [0, 0.05) is 19.1 Å². The van der Waals surface area contributed by atoms with Crippen molar-refractivity contribution in [2.24, 2.45) is 0 Å². The molecule has 184 valence electrons. The summed E-state index contributed by atoms with van der Waals surface area (Å²) in [5, 5.41) is 12.1. The number of sulfonamides is 1. The Kier molecular flexibility index (Phi) is 7.81. The molecule has 12 heteroatoms. The summed E-state index contributed by atoms with van der Waals surface area (Å²) >= 11 is 12.2. The standard InChI is InChI=1S/C22H27Cl2N5O4S/c23-16-7-4-8-17(24)19(16)21(30)27-18-13-25-28-20(18)22(31)26-14-9-11-29(12-10-14)34(32,33)15-5-2-1-3-6-15/h4,7-8,13-15H,1-3,5-6,9-12H2,(H,25,28)(H,26,31)(H,27,30). The lowest BCUT2D eigenvalue weighted by atomic mass is 10.0. The van der Waals surface area contributed by atoms with Crippen LogP contribution in [-0.4, -0.2) is 59.1 Å². The Balaban J connectivity index is 1.35. The first-order valence-corrected chi connectivity index (χ1v) is 13.6. The Morgan fingerprint density at radius 3 is 2.29 bits per heavy atom. The Hall–Kier alpha value is -2.14. The molecule has 1 aromatic heterocycles. The number of H-pyrrole nitrogens is 1. The van der Waals surface area contributed by atoms with Crippen molar-refractivity contribution >= 4 is 50.7 Å². The van der Waals surface area contributed by atoms with E-state index in [0.29, 0.717) is 25.9 Å². The highest BCUT2D eigenvalue weighted by atomic mass is 35.5. The van der Waals surface area contributed by atoms with Crippen molar-refractivity contribution in [3.8, 4) is 0 Å². The second-order valence-corrected chi connectivity index (χ2v) is 11.7. The van der Waals surface area contributed by atoms with E-state index < -0.39 is 21.8 Å². The van der Waals surface area contributed by atoms with E-state index in [4.69, 9.17) is 23.2 Å². The number of nitrogens with zero attached hydrogens (tertiary/aromatic N) is 2. The number of halogens is 2. The number of anilines is 1. The third-order valence-corrected chi connectivity index (χ3v) is 9.46. The third kappa shape index (κ3) is 5.40. The number of aromatic nitrogens is 2. The molecule has 9 nitrogen and oxygen atoms in total. The molecule has 0 radical (unpaired) electrons. The molecular formula is C22H27Cl2N5O4S. The molecule has 0 spiro atoms. The Labute approximate surface area is 208 Å². The van der Waals surface area contributed by atoms with Crippen molar-refractivity contribution in [2.75, 3.05) is 18.4 Å². The first kappa shape index (κ1) is 25.0. The van der Waals surface area contributed by atoms with Crippen LogP contribution in [0.15, 0.2) is 24.4 Å². The number of hydrogen-bond acceptors (Lipinski definition) is 5. The molecule has 2 amide bonds. The third-order valence-electron chi connectivity index (χ3n) is 6.43. The monoisotopic (exact) mass is 527 g/mol. The Morgan fingerprint density at radius 2 is 1.65 bits per heavy atom. The number of aromatic amines is 1. The summed E-state index contributed by atoms with van der Waals surface area (Å²) in [5.41, 5.74) is 0.384. The molecule has 1 saturated heterocycles. The van der Waals surface area contributed by atoms with Gasteiger partial charge in [0.2, 0.25) is 10.0 Å². The van der Waals surface area contributed by atoms with Gasteiger partial charge in [-0.3, -0.25) is 14.7 Å². The van der Waals surface area contributed by atoms with Crippen molar-refractivity contribution in [1.29, 1.82) is 0 Å². The molecule has 4 rings (SSSR count). The van der Waals surface area contributed by atoms with Gasteiger partial charge in [-0.1, -0.05) is 48.5 Å². The number of hydrogen-bond donors (Lipinski definition) is 3. The van der Waals surface area contributed by atoms with Crippen LogP contribution in [0.2, 0.25) is 10.0 Å². The van der Waals surface area contributed by atoms with Crippen LogP contribution in [0.1, 0.15) is 65.8 Å². The van der Waals surface area contributed by atoms with Crippen LogP contribution in [0.5, 0.6) is 0 Å². The van der Waals surface area contributed by atoms with Gasteiger partial charge in [-0.15, -0.1) is 0 Å². The van der Waals surface area contributed by atoms with Gasteiger partial charge in [0.15, 0.2) is 0 Å². The maximum atomic E-state index is 12.9. The van der Waals surface area contributed by atoms with E-state index in [1.165, 1.54) is 6.20 Å². The minimum Gasteiger partial charge on any atom is -0.348 e. The van der Waals surface area contributed by atoms with Crippen molar-refractivity contribution < 1.29 is 18.0 Å². The minimum absolute atomic E-state index is 0.0915. The van der Waals surface area contributed by atoms with Crippen molar-refractivity contribution in [2.45, 2.75) is 56.2 Å². The summed E-state index contributed by atoms with van der Waals surface area (Å²) in [4.78, 5) is 25.5. The number of benzene rings is 1. The fourth-order valence-electron chi connectivity index (χ4n) is 4.54. The van der Waals surface area contributed by atoms with Gasteiger partial charge in [-0.25, -0.2) is 12.7 Å². The van der Waals surface area contributed by atoms with E-state index in [1.807, 2.05) is 0 Å². The fourth-order valence-corrected chi connectivity index (χ4v) is 7.18. The number of piperidine rings is 1. The summed E-state index contributed by atoms with van der Waals surface area (Å²) < 4.78 is 27.4. The predicted octanol–water partition coefficient (Wildman–Crippen LogP) is 3.83. The molecule has 1 saturated carbocycles. The fraction of sp³-hybridized carbons (Fsp3) is 0.500. The van der Waals surface area contributed by atoms with E-state index in [2.05, 4.69) is 20.8 Å². The SMILES string of the molecule is O=C(NC1CCN(S(=O)(=O)C2CCCCC2)CC1)c1[nH]ncc1NC(=O)c1c(Cl)cccc1Cl. The van der Waals surface area contributed by atoms with Crippen LogP contribution in [0, 0.1) is 0 Å². The second kappa shape index (κ2) is 10.6. The zero-order valence-electron chi connectivity index (χ0n) is 18.5. The van der Waals surface area contributed by atoms with Crippen molar-refractivity contribution in [3.05, 3.63) is 45.7 Å². The van der Waals surface area contributed by atoms with E-state index in [1.54, 1.807) is 22.5 Å². The maximum Gasteiger partial charge on any atom is 0.271 e. The zero-order valence-corrected chi connectivity index (χ0v) is 20.8. The number of rotatable bonds is 6. The smallest absolute Gasteiger partial charge is 0.271 e. The summed E-state index contributed by atoms with van der Waals surface area (Å²) in [7, 11) is -3.30. The Morgan fingerprint density at radius 1 is 1.00 bits per heavy atom. The molecule has 1 aliphatic carbocycles. The van der Waals surface area contributed by atoms with E-state index >= 15 is 0 Å². The largest absolute Gasteiger partial charge is 0.348 e. The van der Waals surface area contributed by atoms with E-state index in [0.717, 1.165) is 32.1 Å². The van der Waals surface area contributed by atoms with Gasteiger partial charge >= 0.3 is 0 Å². The summed E-state index contributed by atoms with van der Waals surface area (Å²) in [6.45, 7) is 0.753. The number of carbonyl (C=O) groups excluding carboxylic acids is 2. The molecule has 2 fully saturated rings. The highest BCUT2D eigenvalue weighted by Crippen LogP contribution is 2.28. The lowest BCUT2D eigenvalue weighted by Gasteiger charge is -2.35. The molecule has 2 aliphatic rings. The molecule has 0 bridgehead atoms. The second-order valence-electron chi connectivity index (χ2n) is 8.66. The number of nitrogens with one attached hydrogen (secondary N) is 3. The van der Waals surface area contributed by atoms with Crippen molar-refractivity contribution in [1.82, 2.24) is 19.8 Å². The number of carbonyl (C=O) groups is 2. The van der Waals surface area contributed by atoms with Crippen LogP contribution >= 0.6 is 23.2 Å². The minimum atomic E-state index is -3.30. The lowest BCUT2D eigenvalue weighted by Crippen LogP contribution is -2.49. The molecule has 0 atom stereocenters. The first-order valence-electron chi connectivity index (χ1n) is 11.4. The normalized spacial score (nSPS) is 18.5. The molecule has 0 unspecified atom stereocenters. The van der Waals surface area contributed by atoms with Gasteiger partial charge in [-0.05, 0) is 37.8 Å². The van der Waals surface area contributed by atoms with Gasteiger partial charge in [-0.2, -0.15) is 5.10 Å². The highest BCUT2D eigenvalue weighted by Gasteiger charge is 2.35. The zero-order chi connectivity index (χ0) is 24.3. The summed E-state index contributed by atoms with van der Waals surface area (Å²) in [6.07, 6.45) is 6.84. The van der Waals surface area contributed by atoms with Crippen LogP contribution in [-0.2, 0) is 10.0 Å². The van der Waals surface area contributed by atoms with Gasteiger partial charge in [0.25, 0.3) is 11.8 Å². The van der Waals surface area contributed by atoms with E-state index in [-0.39, 0.29) is 38.3 Å². The van der Waals surface area contributed by atoms with Crippen molar-refractivity contribution in [3.63, 3.8) is 0 Å². The Bertz CT molecular complexity index is 1140. The summed E-state index contributed by atoms with van der Waals surface area (Å²) in [5.74, 6) is -1.00. The molecule has 1 aromatic carbocycles. The number of amides is 2. The quantitative estimate of drug-likeness (QED) is 0.526. The molecule has 2 heterocycles. The predicted molar refractivity (Wildman–Crippen MR) is 131 cm³/mol. The summed E-state index contributed by atoms with van der Waals surface area (Å²) in [6, 6.07) is 4.54. The van der Waals surface area contributed by atoms with Gasteiger partial charge in [0.05, 0.1) is 32.7 Å². The molecule has 3 N–H and O–H groups in total. The maximum absolute atomic E-state index is 12.9. The lowest BCUT2D eigenvalue weighted by molar-refractivity contribution is 0.0919.